The van der Waals surface area contributed by atoms with E-state index in [9.17, 15) is 18.0 Å². The first-order valence-electron chi connectivity index (χ1n) is 5.91. The van der Waals surface area contributed by atoms with Gasteiger partial charge in [-0.3, -0.25) is 4.79 Å². The van der Waals surface area contributed by atoms with Crippen LogP contribution in [0.3, 0.4) is 0 Å². The molecule has 0 atom stereocenters. The SMILES string of the molecule is NC(=O)c1cc(Nc2ccccc2C(F)(F)F)ccc1N. The molecule has 0 aliphatic carbocycles. The van der Waals surface area contributed by atoms with Crippen LogP contribution in [0.2, 0.25) is 0 Å². The Kier molecular flexibility index (Phi) is 3.75. The molecule has 0 aromatic heterocycles. The molecule has 0 fully saturated rings. The standard InChI is InChI=1S/C14H12F3N3O/c15-14(16,17)10-3-1-2-4-12(10)20-8-5-6-11(18)9(7-8)13(19)21/h1-7,20H,18H2,(H2,19,21). The molecule has 0 unspecified atom stereocenters. The molecule has 2 aromatic carbocycles. The summed E-state index contributed by atoms with van der Waals surface area (Å²) in [4.78, 5) is 11.2. The molecule has 5 N–H and O–H groups in total. The summed E-state index contributed by atoms with van der Waals surface area (Å²) in [5.74, 6) is -0.750. The van der Waals surface area contributed by atoms with E-state index < -0.39 is 17.6 Å². The van der Waals surface area contributed by atoms with Crippen LogP contribution < -0.4 is 16.8 Å². The molecule has 7 heteroatoms. The van der Waals surface area contributed by atoms with E-state index in [-0.39, 0.29) is 22.6 Å². The Morgan fingerprint density at radius 3 is 2.38 bits per heavy atom. The van der Waals surface area contributed by atoms with E-state index in [2.05, 4.69) is 5.32 Å². The van der Waals surface area contributed by atoms with E-state index in [1.807, 2.05) is 0 Å². The van der Waals surface area contributed by atoms with Crippen molar-refractivity contribution in [1.82, 2.24) is 0 Å². The molecule has 21 heavy (non-hydrogen) atoms. The Hall–Kier alpha value is -2.70. The summed E-state index contributed by atoms with van der Waals surface area (Å²) in [6.45, 7) is 0. The van der Waals surface area contributed by atoms with Gasteiger partial charge in [0.05, 0.1) is 16.8 Å². The second kappa shape index (κ2) is 5.35. The third kappa shape index (κ3) is 3.25. The summed E-state index contributed by atoms with van der Waals surface area (Å²) in [5, 5.41) is 2.62. The van der Waals surface area contributed by atoms with Crippen LogP contribution in [0.1, 0.15) is 15.9 Å². The van der Waals surface area contributed by atoms with Gasteiger partial charge in [-0.1, -0.05) is 12.1 Å². The van der Waals surface area contributed by atoms with Gasteiger partial charge >= 0.3 is 6.18 Å². The molecule has 1 amide bonds. The van der Waals surface area contributed by atoms with Gasteiger partial charge in [-0.2, -0.15) is 13.2 Å². The van der Waals surface area contributed by atoms with Crippen molar-refractivity contribution in [1.29, 1.82) is 0 Å². The lowest BCUT2D eigenvalue weighted by Crippen LogP contribution is -2.14. The highest BCUT2D eigenvalue weighted by atomic mass is 19.4. The fourth-order valence-electron chi connectivity index (χ4n) is 1.84. The number of rotatable bonds is 3. The number of nitrogens with two attached hydrogens (primary N) is 2. The van der Waals surface area contributed by atoms with Crippen LogP contribution >= 0.6 is 0 Å². The average Bonchev–Trinajstić information content (AvgIpc) is 2.40. The molecule has 2 aromatic rings. The van der Waals surface area contributed by atoms with E-state index in [4.69, 9.17) is 11.5 Å². The molecule has 0 bridgehead atoms. The predicted molar refractivity (Wildman–Crippen MR) is 74.1 cm³/mol. The first-order valence-corrected chi connectivity index (χ1v) is 5.91. The molecule has 2 rings (SSSR count). The van der Waals surface area contributed by atoms with Crippen molar-refractivity contribution in [3.8, 4) is 0 Å². The number of hydrogen-bond acceptors (Lipinski definition) is 3. The second-order valence-electron chi connectivity index (χ2n) is 4.33. The van der Waals surface area contributed by atoms with E-state index in [0.29, 0.717) is 0 Å². The number of carbonyl (C=O) groups is 1. The Balaban J connectivity index is 2.40. The zero-order valence-electron chi connectivity index (χ0n) is 10.7. The highest BCUT2D eigenvalue weighted by Crippen LogP contribution is 2.36. The van der Waals surface area contributed by atoms with Gasteiger partial charge < -0.3 is 16.8 Å². The summed E-state index contributed by atoms with van der Waals surface area (Å²) in [6, 6.07) is 9.21. The number of hydrogen-bond donors (Lipinski definition) is 3. The van der Waals surface area contributed by atoms with Crippen molar-refractivity contribution in [3.63, 3.8) is 0 Å². The number of nitrogens with one attached hydrogen (secondary N) is 1. The van der Waals surface area contributed by atoms with Gasteiger partial charge in [0.25, 0.3) is 5.91 Å². The number of para-hydroxylation sites is 1. The monoisotopic (exact) mass is 295 g/mol. The van der Waals surface area contributed by atoms with Crippen LogP contribution in [0.25, 0.3) is 0 Å². The third-order valence-corrected chi connectivity index (χ3v) is 2.83. The Morgan fingerprint density at radius 1 is 1.10 bits per heavy atom. The molecule has 0 spiro atoms. The van der Waals surface area contributed by atoms with E-state index in [0.717, 1.165) is 6.07 Å². The number of benzene rings is 2. The molecular weight excluding hydrogens is 283 g/mol. The topological polar surface area (TPSA) is 81.1 Å². The molecule has 0 heterocycles. The molecule has 0 radical (unpaired) electrons. The van der Waals surface area contributed by atoms with Gasteiger partial charge in [-0.05, 0) is 30.3 Å². The van der Waals surface area contributed by atoms with Crippen molar-refractivity contribution < 1.29 is 18.0 Å². The fraction of sp³-hybridized carbons (Fsp3) is 0.0714. The van der Waals surface area contributed by atoms with Gasteiger partial charge in [0, 0.05) is 11.4 Å². The number of primary amides is 1. The summed E-state index contributed by atoms with van der Waals surface area (Å²) in [6.07, 6.45) is -4.48. The number of amides is 1. The number of nitrogen functional groups attached to an aromatic ring is 1. The Morgan fingerprint density at radius 2 is 1.76 bits per heavy atom. The zero-order chi connectivity index (χ0) is 15.6. The van der Waals surface area contributed by atoms with Crippen LogP contribution in [0.15, 0.2) is 42.5 Å². The van der Waals surface area contributed by atoms with Gasteiger partial charge in [0.1, 0.15) is 0 Å². The maximum atomic E-state index is 12.9. The van der Waals surface area contributed by atoms with Gasteiger partial charge in [0.15, 0.2) is 0 Å². The quantitative estimate of drug-likeness (QED) is 0.761. The fourth-order valence-corrected chi connectivity index (χ4v) is 1.84. The van der Waals surface area contributed by atoms with E-state index in [1.165, 1.54) is 36.4 Å². The molecule has 0 saturated heterocycles. The maximum absolute atomic E-state index is 12.9. The van der Waals surface area contributed by atoms with E-state index in [1.54, 1.807) is 0 Å². The van der Waals surface area contributed by atoms with Crippen molar-refractivity contribution in [2.45, 2.75) is 6.18 Å². The minimum atomic E-state index is -4.48. The first-order chi connectivity index (χ1) is 9.79. The van der Waals surface area contributed by atoms with Gasteiger partial charge in [-0.15, -0.1) is 0 Å². The first kappa shape index (κ1) is 14.7. The van der Waals surface area contributed by atoms with Gasteiger partial charge in [-0.25, -0.2) is 0 Å². The lowest BCUT2D eigenvalue weighted by Gasteiger charge is -2.15. The average molecular weight is 295 g/mol. The van der Waals surface area contributed by atoms with Crippen molar-refractivity contribution in [2.75, 3.05) is 11.1 Å². The summed E-state index contributed by atoms with van der Waals surface area (Å²) in [5.41, 5.74) is 10.3. The number of alkyl halides is 3. The minimum absolute atomic E-state index is 0.0458. The third-order valence-electron chi connectivity index (χ3n) is 2.83. The van der Waals surface area contributed by atoms with Crippen molar-refractivity contribution in [2.24, 2.45) is 5.73 Å². The highest BCUT2D eigenvalue weighted by molar-refractivity contribution is 5.99. The molecule has 4 nitrogen and oxygen atoms in total. The number of anilines is 3. The Labute approximate surface area is 118 Å². The summed E-state index contributed by atoms with van der Waals surface area (Å²) in [7, 11) is 0. The smallest absolute Gasteiger partial charge is 0.398 e. The highest BCUT2D eigenvalue weighted by Gasteiger charge is 2.33. The molecule has 0 aliphatic rings. The van der Waals surface area contributed by atoms with Crippen LogP contribution in [0.4, 0.5) is 30.2 Å². The van der Waals surface area contributed by atoms with Crippen LogP contribution in [0, 0.1) is 0 Å². The van der Waals surface area contributed by atoms with Crippen LogP contribution in [0.5, 0.6) is 0 Å². The predicted octanol–water partition coefficient (Wildman–Crippen LogP) is 3.13. The van der Waals surface area contributed by atoms with E-state index >= 15 is 0 Å². The minimum Gasteiger partial charge on any atom is -0.398 e. The normalized spacial score (nSPS) is 11.2. The van der Waals surface area contributed by atoms with Crippen molar-refractivity contribution >= 4 is 23.0 Å². The van der Waals surface area contributed by atoms with Crippen LogP contribution in [-0.4, -0.2) is 5.91 Å². The number of carbonyl (C=O) groups excluding carboxylic acids is 1. The molecule has 0 saturated carbocycles. The maximum Gasteiger partial charge on any atom is 0.418 e. The largest absolute Gasteiger partial charge is 0.418 e. The lowest BCUT2D eigenvalue weighted by molar-refractivity contribution is -0.136. The summed E-state index contributed by atoms with van der Waals surface area (Å²) < 4.78 is 38.7. The molecule has 110 valence electrons. The zero-order valence-corrected chi connectivity index (χ0v) is 10.7. The van der Waals surface area contributed by atoms with Crippen LogP contribution in [-0.2, 0) is 6.18 Å². The van der Waals surface area contributed by atoms with Crippen molar-refractivity contribution in [3.05, 3.63) is 53.6 Å². The Bertz CT molecular complexity index is 683. The molecule has 0 aliphatic heterocycles. The second-order valence-corrected chi connectivity index (χ2v) is 4.33. The van der Waals surface area contributed by atoms with Gasteiger partial charge in [0.2, 0.25) is 0 Å². The molecular formula is C14H12F3N3O. The summed E-state index contributed by atoms with van der Waals surface area (Å²) >= 11 is 0. The lowest BCUT2D eigenvalue weighted by atomic mass is 10.1. The number of halogens is 3.